The first kappa shape index (κ1) is 24.0. The Kier molecular flexibility index (Phi) is 8.37. The van der Waals surface area contributed by atoms with Crippen LogP contribution in [0.3, 0.4) is 0 Å². The molecule has 4 nitrogen and oxygen atoms in total. The van der Waals surface area contributed by atoms with Gasteiger partial charge in [-0.1, -0.05) is 80.1 Å². The zero-order chi connectivity index (χ0) is 23.6. The maximum atomic E-state index is 14.0. The van der Waals surface area contributed by atoms with Gasteiger partial charge in [-0.2, -0.15) is 0 Å². The zero-order valence-electron chi connectivity index (χ0n) is 20.1. The standard InChI is InChI=1S/C30H35NO3/c1-2-3-22-33-23-12-21-31-29(32)30(20-11-15-24-13-5-4-6-14-24)25-16-7-9-18-27(25)34-28-19-10-8-17-26(28)30/h4-10,13-14,16-19H,2-3,11-12,15,20-23H2,1H3,(H,31,32). The highest BCUT2D eigenvalue weighted by Gasteiger charge is 2.47. The van der Waals surface area contributed by atoms with Crippen LogP contribution in [0.1, 0.15) is 55.7 Å². The fourth-order valence-corrected chi connectivity index (χ4v) is 4.79. The molecule has 3 aromatic rings. The van der Waals surface area contributed by atoms with E-state index in [1.165, 1.54) is 5.56 Å². The Balaban J connectivity index is 1.58. The van der Waals surface area contributed by atoms with Crippen LogP contribution >= 0.6 is 0 Å². The van der Waals surface area contributed by atoms with Crippen LogP contribution in [-0.4, -0.2) is 25.7 Å². The molecule has 4 rings (SSSR count). The summed E-state index contributed by atoms with van der Waals surface area (Å²) in [6.07, 6.45) is 5.52. The quantitative estimate of drug-likeness (QED) is 0.319. The van der Waals surface area contributed by atoms with Gasteiger partial charge >= 0.3 is 0 Å². The van der Waals surface area contributed by atoms with Gasteiger partial charge in [0.05, 0.1) is 0 Å². The third kappa shape index (κ3) is 5.34. The number of unbranched alkanes of at least 4 members (excludes halogenated alkanes) is 1. The first-order valence-corrected chi connectivity index (χ1v) is 12.5. The van der Waals surface area contributed by atoms with Crippen molar-refractivity contribution in [3.05, 3.63) is 95.6 Å². The van der Waals surface area contributed by atoms with Gasteiger partial charge in [-0.3, -0.25) is 4.79 Å². The maximum absolute atomic E-state index is 14.0. The number of rotatable bonds is 12. The molecule has 34 heavy (non-hydrogen) atoms. The zero-order valence-corrected chi connectivity index (χ0v) is 20.1. The Bertz CT molecular complexity index is 1020. The van der Waals surface area contributed by atoms with Crippen molar-refractivity contribution in [2.75, 3.05) is 19.8 Å². The molecule has 0 spiro atoms. The van der Waals surface area contributed by atoms with E-state index in [1.807, 2.05) is 54.6 Å². The lowest BCUT2D eigenvalue weighted by Crippen LogP contribution is -2.47. The molecule has 0 fully saturated rings. The van der Waals surface area contributed by atoms with E-state index < -0.39 is 5.41 Å². The second-order valence-electron chi connectivity index (χ2n) is 8.91. The second-order valence-corrected chi connectivity index (χ2v) is 8.91. The van der Waals surface area contributed by atoms with E-state index in [9.17, 15) is 4.79 Å². The minimum atomic E-state index is -0.788. The van der Waals surface area contributed by atoms with Crippen molar-refractivity contribution >= 4 is 5.91 Å². The molecule has 0 unspecified atom stereocenters. The minimum absolute atomic E-state index is 0.0392. The fourth-order valence-electron chi connectivity index (χ4n) is 4.79. The molecule has 1 N–H and O–H groups in total. The Hall–Kier alpha value is -3.11. The van der Waals surface area contributed by atoms with Gasteiger partial charge in [0, 0.05) is 30.9 Å². The van der Waals surface area contributed by atoms with Crippen LogP contribution in [0, 0.1) is 0 Å². The van der Waals surface area contributed by atoms with Crippen LogP contribution in [-0.2, 0) is 21.4 Å². The van der Waals surface area contributed by atoms with Crippen LogP contribution in [0.2, 0.25) is 0 Å². The van der Waals surface area contributed by atoms with Crippen LogP contribution in [0.15, 0.2) is 78.9 Å². The molecule has 0 atom stereocenters. The summed E-state index contributed by atoms with van der Waals surface area (Å²) in [4.78, 5) is 14.0. The number of benzene rings is 3. The van der Waals surface area contributed by atoms with Crippen molar-refractivity contribution in [3.63, 3.8) is 0 Å². The van der Waals surface area contributed by atoms with Gasteiger partial charge in [0.2, 0.25) is 5.91 Å². The van der Waals surface area contributed by atoms with Crippen LogP contribution in [0.25, 0.3) is 0 Å². The summed E-state index contributed by atoms with van der Waals surface area (Å²) in [5.41, 5.74) is 2.39. The van der Waals surface area contributed by atoms with E-state index in [0.29, 0.717) is 19.6 Å². The van der Waals surface area contributed by atoms with Crippen molar-refractivity contribution in [2.24, 2.45) is 0 Å². The second kappa shape index (κ2) is 11.8. The summed E-state index contributed by atoms with van der Waals surface area (Å²) < 4.78 is 11.9. The molecule has 1 amide bonds. The normalized spacial score (nSPS) is 13.4. The molecule has 0 aliphatic carbocycles. The Morgan fingerprint density at radius 2 is 1.44 bits per heavy atom. The maximum Gasteiger partial charge on any atom is 0.235 e. The number of fused-ring (bicyclic) bond motifs is 2. The average Bonchev–Trinajstić information content (AvgIpc) is 2.88. The highest BCUT2D eigenvalue weighted by molar-refractivity contribution is 5.94. The van der Waals surface area contributed by atoms with E-state index >= 15 is 0 Å². The van der Waals surface area contributed by atoms with E-state index in [0.717, 1.165) is 61.3 Å². The molecule has 0 saturated heterocycles. The number of ether oxygens (including phenoxy) is 2. The number of nitrogens with one attached hydrogen (secondary N) is 1. The van der Waals surface area contributed by atoms with Gasteiger partial charge < -0.3 is 14.8 Å². The van der Waals surface area contributed by atoms with Crippen molar-refractivity contribution < 1.29 is 14.3 Å². The van der Waals surface area contributed by atoms with E-state index in [-0.39, 0.29) is 5.91 Å². The lowest BCUT2D eigenvalue weighted by Gasteiger charge is -2.39. The summed E-state index contributed by atoms with van der Waals surface area (Å²) >= 11 is 0. The predicted molar refractivity (Wildman–Crippen MR) is 136 cm³/mol. The molecular formula is C30H35NO3. The topological polar surface area (TPSA) is 47.6 Å². The van der Waals surface area contributed by atoms with Crippen molar-refractivity contribution in [1.29, 1.82) is 0 Å². The van der Waals surface area contributed by atoms with Crippen LogP contribution in [0.4, 0.5) is 0 Å². The highest BCUT2D eigenvalue weighted by Crippen LogP contribution is 2.50. The van der Waals surface area contributed by atoms with Crippen molar-refractivity contribution in [1.82, 2.24) is 5.32 Å². The first-order valence-electron chi connectivity index (χ1n) is 12.5. The third-order valence-corrected chi connectivity index (χ3v) is 6.55. The smallest absolute Gasteiger partial charge is 0.235 e. The van der Waals surface area contributed by atoms with E-state index in [2.05, 4.69) is 36.5 Å². The number of aryl methyl sites for hydroxylation is 1. The molecule has 1 aliphatic heterocycles. The molecule has 178 valence electrons. The fraction of sp³-hybridized carbons (Fsp3) is 0.367. The van der Waals surface area contributed by atoms with Crippen molar-refractivity contribution in [2.45, 2.75) is 50.9 Å². The minimum Gasteiger partial charge on any atom is -0.457 e. The first-order chi connectivity index (χ1) is 16.8. The molecule has 3 aromatic carbocycles. The monoisotopic (exact) mass is 457 g/mol. The van der Waals surface area contributed by atoms with E-state index in [1.54, 1.807) is 0 Å². The Labute approximate surface area is 203 Å². The van der Waals surface area contributed by atoms with Gasteiger partial charge in [-0.25, -0.2) is 0 Å². The molecule has 0 saturated carbocycles. The summed E-state index contributed by atoms with van der Waals surface area (Å²) in [6, 6.07) is 26.4. The predicted octanol–water partition coefficient (Wildman–Crippen LogP) is 6.42. The average molecular weight is 458 g/mol. The molecular weight excluding hydrogens is 422 g/mol. The number of hydrogen-bond acceptors (Lipinski definition) is 3. The third-order valence-electron chi connectivity index (χ3n) is 6.55. The summed E-state index contributed by atoms with van der Waals surface area (Å²) in [5.74, 6) is 1.57. The van der Waals surface area contributed by atoms with Gasteiger partial charge in [0.1, 0.15) is 16.9 Å². The summed E-state index contributed by atoms with van der Waals surface area (Å²) in [7, 11) is 0. The molecule has 4 heteroatoms. The lowest BCUT2D eigenvalue weighted by atomic mass is 9.68. The van der Waals surface area contributed by atoms with Gasteiger partial charge in [-0.05, 0) is 49.8 Å². The van der Waals surface area contributed by atoms with Crippen LogP contribution < -0.4 is 10.1 Å². The van der Waals surface area contributed by atoms with Gasteiger partial charge in [0.15, 0.2) is 0 Å². The molecule has 1 aliphatic rings. The number of carbonyl (C=O) groups excluding carboxylic acids is 1. The highest BCUT2D eigenvalue weighted by atomic mass is 16.5. The van der Waals surface area contributed by atoms with Crippen molar-refractivity contribution in [3.8, 4) is 11.5 Å². The largest absolute Gasteiger partial charge is 0.457 e. The number of amides is 1. The number of carbonyl (C=O) groups is 1. The Morgan fingerprint density at radius 3 is 2.12 bits per heavy atom. The molecule has 0 bridgehead atoms. The summed E-state index contributed by atoms with van der Waals surface area (Å²) in [6.45, 7) is 4.20. The lowest BCUT2D eigenvalue weighted by molar-refractivity contribution is -0.126. The number of para-hydroxylation sites is 2. The van der Waals surface area contributed by atoms with Crippen LogP contribution in [0.5, 0.6) is 11.5 Å². The van der Waals surface area contributed by atoms with E-state index in [4.69, 9.17) is 9.47 Å². The van der Waals surface area contributed by atoms with Gasteiger partial charge in [-0.15, -0.1) is 0 Å². The van der Waals surface area contributed by atoms with Gasteiger partial charge in [0.25, 0.3) is 0 Å². The SMILES string of the molecule is CCCCOCCCNC(=O)C1(CCCc2ccccc2)c2ccccc2Oc2ccccc21. The number of hydrogen-bond donors (Lipinski definition) is 1. The Morgan fingerprint density at radius 1 is 0.824 bits per heavy atom. The molecule has 1 heterocycles. The summed E-state index contributed by atoms with van der Waals surface area (Å²) in [5, 5.41) is 3.24. The molecule has 0 radical (unpaired) electrons. The molecule has 0 aromatic heterocycles.